The van der Waals surface area contributed by atoms with Crippen molar-refractivity contribution in [3.05, 3.63) is 72.8 Å². The molecule has 246 valence electrons. The molecule has 0 bridgehead atoms. The molecule has 1 fully saturated rings. The average molecular weight is 720 g/mol. The minimum absolute atomic E-state index is 0.0706. The number of fused-ring (bicyclic) bond motifs is 1. The van der Waals surface area contributed by atoms with Crippen LogP contribution < -0.4 is 10.5 Å². The summed E-state index contributed by atoms with van der Waals surface area (Å²) < 4.78 is 16.4. The molecule has 1 aromatic carbocycles. The molecule has 47 heavy (non-hydrogen) atoms. The van der Waals surface area contributed by atoms with E-state index in [4.69, 9.17) is 51.4 Å². The highest BCUT2D eigenvalue weighted by atomic mass is 35.5. The number of halogens is 5. The zero-order valence-electron chi connectivity index (χ0n) is 26.2. The zero-order chi connectivity index (χ0) is 34.6. The summed E-state index contributed by atoms with van der Waals surface area (Å²) in [6, 6.07) is 2.35. The van der Waals surface area contributed by atoms with E-state index in [0.29, 0.717) is 11.1 Å². The summed E-state index contributed by atoms with van der Waals surface area (Å²) in [5.41, 5.74) is -0.188. The fourth-order valence-electron chi connectivity index (χ4n) is 6.61. The number of piperazine rings is 1. The highest BCUT2D eigenvalue weighted by molar-refractivity contribution is 6.49. The van der Waals surface area contributed by atoms with Crippen molar-refractivity contribution in [2.45, 2.75) is 52.7 Å². The van der Waals surface area contributed by atoms with Crippen molar-refractivity contribution in [1.82, 2.24) is 14.5 Å². The van der Waals surface area contributed by atoms with Crippen molar-refractivity contribution in [2.75, 3.05) is 18.0 Å². The smallest absolute Gasteiger partial charge is 0.272 e. The largest absolute Gasteiger partial charge is 0.504 e. The molecule has 2 aliphatic heterocycles. The summed E-state index contributed by atoms with van der Waals surface area (Å²) in [5, 5.41) is 20.4. The molecule has 9 nitrogen and oxygen atoms in total. The Hall–Kier alpha value is -3.62. The number of pyridine rings is 2. The van der Waals surface area contributed by atoms with Crippen LogP contribution in [0.2, 0.25) is 20.1 Å². The molecule has 5 rings (SSSR count). The quantitative estimate of drug-likeness (QED) is 0.164. The number of aliphatic imine (C=N–C) groups is 1. The number of carbonyl (C=O) groups is 1. The molecule has 1 saturated heterocycles. The van der Waals surface area contributed by atoms with Crippen molar-refractivity contribution in [2.24, 2.45) is 16.8 Å². The Morgan fingerprint density at radius 1 is 1.15 bits per heavy atom. The molecule has 4 heterocycles. The number of amides is 1. The molecule has 2 aliphatic rings. The molecule has 1 N–H and O–H groups in total. The first kappa shape index (κ1) is 34.7. The lowest BCUT2D eigenvalue weighted by atomic mass is 9.88. The third kappa shape index (κ3) is 5.67. The number of phenols is 1. The SMILES string of the molecule is C=CC(=O)N1[C@H](C)CN(c2c(C#N)c(=O)n(C3C(C(C)C)=NC=C[C@H]3C)c3nc(-c4c(O)c(F)c(Cl)c(Cl)c4Cl)c(Cl)cc23)C[C@@H]1C. The van der Waals surface area contributed by atoms with Gasteiger partial charge in [-0.25, -0.2) is 9.37 Å². The topological polar surface area (TPSA) is 115 Å². The Kier molecular flexibility index (Phi) is 9.69. The Morgan fingerprint density at radius 2 is 1.79 bits per heavy atom. The maximum atomic E-state index is 15.0. The fourth-order valence-corrected chi connectivity index (χ4v) is 7.54. The summed E-state index contributed by atoms with van der Waals surface area (Å²) in [5.74, 6) is -2.72. The van der Waals surface area contributed by atoms with E-state index in [-0.39, 0.29) is 86.1 Å². The zero-order valence-corrected chi connectivity index (χ0v) is 29.2. The van der Waals surface area contributed by atoms with E-state index in [2.05, 4.69) is 17.6 Å². The van der Waals surface area contributed by atoms with Gasteiger partial charge in [-0.2, -0.15) is 5.26 Å². The number of aromatic hydroxyl groups is 1. The van der Waals surface area contributed by atoms with Crippen molar-refractivity contribution < 1.29 is 14.3 Å². The van der Waals surface area contributed by atoms with E-state index >= 15 is 4.39 Å². The van der Waals surface area contributed by atoms with Crippen LogP contribution in [0.15, 0.2) is 40.8 Å². The van der Waals surface area contributed by atoms with Crippen LogP contribution in [0.3, 0.4) is 0 Å². The van der Waals surface area contributed by atoms with Gasteiger partial charge in [0.05, 0.1) is 38.1 Å². The normalized spacial score (nSPS) is 21.3. The number of carbonyl (C=O) groups excluding carboxylic acids is 1. The number of hydrogen-bond acceptors (Lipinski definition) is 7. The number of phenolic OH excluding ortho intramolecular Hbond substituents is 1. The van der Waals surface area contributed by atoms with Crippen LogP contribution in [-0.2, 0) is 4.79 Å². The number of nitriles is 1. The van der Waals surface area contributed by atoms with Crippen molar-refractivity contribution >= 4 is 74.7 Å². The van der Waals surface area contributed by atoms with Gasteiger partial charge in [-0.3, -0.25) is 19.1 Å². The van der Waals surface area contributed by atoms with Gasteiger partial charge in [-0.05, 0) is 31.9 Å². The summed E-state index contributed by atoms with van der Waals surface area (Å²) in [7, 11) is 0. The van der Waals surface area contributed by atoms with Gasteiger partial charge in [-0.15, -0.1) is 0 Å². The molecule has 0 spiro atoms. The Balaban J connectivity index is 1.91. The van der Waals surface area contributed by atoms with Crippen LogP contribution >= 0.6 is 46.4 Å². The summed E-state index contributed by atoms with van der Waals surface area (Å²) in [6.07, 6.45) is 4.79. The first-order valence-electron chi connectivity index (χ1n) is 14.8. The van der Waals surface area contributed by atoms with E-state index in [1.807, 2.05) is 45.6 Å². The molecular formula is C33H31Cl4FN6O3. The van der Waals surface area contributed by atoms with Crippen LogP contribution in [-0.4, -0.2) is 56.3 Å². The molecule has 1 amide bonds. The van der Waals surface area contributed by atoms with Crippen molar-refractivity contribution in [1.29, 1.82) is 5.26 Å². The van der Waals surface area contributed by atoms with Gasteiger partial charge in [-0.1, -0.05) is 79.8 Å². The highest BCUT2D eigenvalue weighted by Gasteiger charge is 2.37. The number of aromatic nitrogens is 2. The van der Waals surface area contributed by atoms with Crippen LogP contribution in [0, 0.1) is 29.0 Å². The molecule has 1 unspecified atom stereocenters. The number of nitrogens with zero attached hydrogens (tertiary/aromatic N) is 6. The maximum absolute atomic E-state index is 15.0. The first-order chi connectivity index (χ1) is 22.2. The van der Waals surface area contributed by atoms with Gasteiger partial charge in [0.1, 0.15) is 22.3 Å². The van der Waals surface area contributed by atoms with Gasteiger partial charge >= 0.3 is 0 Å². The number of allylic oxidation sites excluding steroid dienone is 1. The maximum Gasteiger partial charge on any atom is 0.272 e. The van der Waals surface area contributed by atoms with E-state index in [1.54, 1.807) is 11.1 Å². The van der Waals surface area contributed by atoms with E-state index < -0.39 is 28.2 Å². The van der Waals surface area contributed by atoms with Crippen molar-refractivity contribution in [3.63, 3.8) is 0 Å². The second-order valence-corrected chi connectivity index (χ2v) is 13.6. The third-order valence-corrected chi connectivity index (χ3v) is 10.2. The molecule has 4 atom stereocenters. The average Bonchev–Trinajstić information content (AvgIpc) is 3.02. The minimum atomic E-state index is -1.22. The van der Waals surface area contributed by atoms with Crippen molar-refractivity contribution in [3.8, 4) is 23.1 Å². The first-order valence-corrected chi connectivity index (χ1v) is 16.3. The number of hydrogen-bond donors (Lipinski definition) is 1. The summed E-state index contributed by atoms with van der Waals surface area (Å²) in [6.45, 7) is 13.7. The predicted octanol–water partition coefficient (Wildman–Crippen LogP) is 7.81. The summed E-state index contributed by atoms with van der Waals surface area (Å²) in [4.78, 5) is 40.2. The van der Waals surface area contributed by atoms with E-state index in [0.717, 1.165) is 0 Å². The monoisotopic (exact) mass is 718 g/mol. The van der Waals surface area contributed by atoms with Crippen LogP contribution in [0.5, 0.6) is 5.75 Å². The number of benzene rings is 1. The second kappa shape index (κ2) is 13.1. The van der Waals surface area contributed by atoms with Gasteiger partial charge in [0.25, 0.3) is 5.56 Å². The van der Waals surface area contributed by atoms with Crippen LogP contribution in [0.1, 0.15) is 46.2 Å². The Bertz CT molecular complexity index is 1960. The Morgan fingerprint density at radius 3 is 2.36 bits per heavy atom. The third-order valence-electron chi connectivity index (χ3n) is 8.65. The highest BCUT2D eigenvalue weighted by Crippen LogP contribution is 2.48. The molecule has 0 aliphatic carbocycles. The lowest BCUT2D eigenvalue weighted by molar-refractivity contribution is -0.130. The second-order valence-electron chi connectivity index (χ2n) is 12.1. The van der Waals surface area contributed by atoms with Crippen LogP contribution in [0.25, 0.3) is 22.3 Å². The lowest BCUT2D eigenvalue weighted by Gasteiger charge is -2.45. The predicted molar refractivity (Wildman–Crippen MR) is 186 cm³/mol. The van der Waals surface area contributed by atoms with Gasteiger partial charge < -0.3 is 14.9 Å². The molecule has 0 radical (unpaired) electrons. The number of anilines is 1. The molecule has 2 aromatic heterocycles. The lowest BCUT2D eigenvalue weighted by Crippen LogP contribution is -2.58. The van der Waals surface area contributed by atoms with Gasteiger partial charge in [0.2, 0.25) is 5.91 Å². The Labute approximate surface area is 291 Å². The number of rotatable bonds is 5. The van der Waals surface area contributed by atoms with Crippen LogP contribution in [0.4, 0.5) is 10.1 Å². The molecule has 0 saturated carbocycles. The summed E-state index contributed by atoms with van der Waals surface area (Å²) >= 11 is 25.5. The fraction of sp³-hybridized carbons (Fsp3) is 0.364. The molecule has 3 aromatic rings. The van der Waals surface area contributed by atoms with Gasteiger partial charge in [0.15, 0.2) is 11.6 Å². The standard InChI is InChI=1S/C33H31Cl4FN6O3/c1-7-21(45)43-16(5)12-42(13-17(43)6)30-18-10-20(34)28(22-23(35)24(36)25(37)26(38)31(22)46)41-32(18)44(33(47)19(30)11-39)29-15(4)8-9-40-27(29)14(2)3/h7-10,14-17,29,46H,1,12-13H2,2-6H3/t15-,16-,17+,29?/m1/s1. The van der Waals surface area contributed by atoms with E-state index in [9.17, 15) is 20.0 Å². The van der Waals surface area contributed by atoms with Gasteiger partial charge in [0, 0.05) is 48.4 Å². The van der Waals surface area contributed by atoms with E-state index in [1.165, 1.54) is 16.7 Å². The minimum Gasteiger partial charge on any atom is -0.504 e. The molecule has 14 heteroatoms. The molecular weight excluding hydrogens is 689 g/mol.